The molecule has 2 rings (SSSR count). The molecule has 2 unspecified atom stereocenters. The third-order valence-corrected chi connectivity index (χ3v) is 4.27. The fraction of sp³-hybridized carbons (Fsp3) is 1.00. The molecule has 0 spiro atoms. The number of nitrogens with zero attached hydrogens (tertiary/aromatic N) is 1. The molecule has 2 heteroatoms. The Morgan fingerprint density at radius 1 is 1.13 bits per heavy atom. The van der Waals surface area contributed by atoms with Crippen LogP contribution in [0.3, 0.4) is 0 Å². The Bertz CT molecular complexity index is 189. The van der Waals surface area contributed by atoms with Gasteiger partial charge in [0.15, 0.2) is 0 Å². The van der Waals surface area contributed by atoms with E-state index in [2.05, 4.69) is 24.1 Å². The van der Waals surface area contributed by atoms with Gasteiger partial charge in [-0.2, -0.15) is 0 Å². The molecule has 1 aliphatic heterocycles. The minimum Gasteiger partial charge on any atom is -0.314 e. The molecule has 2 atom stereocenters. The predicted octanol–water partition coefficient (Wildman–Crippen LogP) is 2.25. The summed E-state index contributed by atoms with van der Waals surface area (Å²) in [4.78, 5) is 2.80. The van der Waals surface area contributed by atoms with E-state index >= 15 is 0 Å². The van der Waals surface area contributed by atoms with Gasteiger partial charge in [-0.1, -0.05) is 20.3 Å². The number of nitrogens with one attached hydrogen (secondary N) is 1. The standard InChI is InChI=1S/C13H26N2/c1-3-7-15(13-9-14-10-13)12-6-5-11(4-2)8-12/h11-14H,3-10H2,1-2H3. The Labute approximate surface area is 94.4 Å². The second-order valence-electron chi connectivity index (χ2n) is 5.29. The SMILES string of the molecule is CCCN(C1CNC1)C1CCC(CC)C1. The van der Waals surface area contributed by atoms with Crippen molar-refractivity contribution in [1.29, 1.82) is 0 Å². The van der Waals surface area contributed by atoms with E-state index in [4.69, 9.17) is 0 Å². The predicted molar refractivity (Wildman–Crippen MR) is 65.1 cm³/mol. The van der Waals surface area contributed by atoms with Crippen molar-refractivity contribution < 1.29 is 0 Å². The van der Waals surface area contributed by atoms with E-state index in [1.807, 2.05) is 0 Å². The number of hydrogen-bond acceptors (Lipinski definition) is 2. The number of hydrogen-bond donors (Lipinski definition) is 1. The molecule has 15 heavy (non-hydrogen) atoms. The van der Waals surface area contributed by atoms with Crippen LogP contribution in [0.15, 0.2) is 0 Å². The summed E-state index contributed by atoms with van der Waals surface area (Å²) in [7, 11) is 0. The lowest BCUT2D eigenvalue weighted by Crippen LogP contribution is -2.59. The van der Waals surface area contributed by atoms with Crippen LogP contribution in [0.1, 0.15) is 46.0 Å². The molecule has 0 aromatic carbocycles. The van der Waals surface area contributed by atoms with Crippen molar-refractivity contribution in [2.75, 3.05) is 19.6 Å². The molecule has 2 nitrogen and oxygen atoms in total. The van der Waals surface area contributed by atoms with E-state index in [9.17, 15) is 0 Å². The van der Waals surface area contributed by atoms with E-state index in [1.54, 1.807) is 0 Å². The first-order valence-corrected chi connectivity index (χ1v) is 6.81. The summed E-state index contributed by atoms with van der Waals surface area (Å²) in [5.41, 5.74) is 0. The zero-order valence-electron chi connectivity index (χ0n) is 10.3. The zero-order chi connectivity index (χ0) is 10.7. The largest absolute Gasteiger partial charge is 0.314 e. The Morgan fingerprint density at radius 3 is 2.40 bits per heavy atom. The van der Waals surface area contributed by atoms with Crippen LogP contribution in [0.5, 0.6) is 0 Å². The van der Waals surface area contributed by atoms with Gasteiger partial charge in [0.2, 0.25) is 0 Å². The van der Waals surface area contributed by atoms with Gasteiger partial charge in [0.05, 0.1) is 0 Å². The van der Waals surface area contributed by atoms with E-state index < -0.39 is 0 Å². The van der Waals surface area contributed by atoms with Crippen LogP contribution >= 0.6 is 0 Å². The maximum Gasteiger partial charge on any atom is 0.0348 e. The van der Waals surface area contributed by atoms with Crippen LogP contribution in [-0.4, -0.2) is 36.6 Å². The molecule has 88 valence electrons. The molecule has 1 heterocycles. The highest BCUT2D eigenvalue weighted by molar-refractivity contribution is 4.91. The molecule has 2 fully saturated rings. The van der Waals surface area contributed by atoms with Crippen LogP contribution in [0.4, 0.5) is 0 Å². The van der Waals surface area contributed by atoms with Crippen molar-refractivity contribution in [3.63, 3.8) is 0 Å². The first kappa shape index (κ1) is 11.4. The fourth-order valence-electron chi connectivity index (χ4n) is 3.15. The highest BCUT2D eigenvalue weighted by Crippen LogP contribution is 2.32. The molecule has 0 aromatic heterocycles. The zero-order valence-corrected chi connectivity index (χ0v) is 10.3. The maximum absolute atomic E-state index is 3.41. The van der Waals surface area contributed by atoms with Gasteiger partial charge in [0, 0.05) is 25.2 Å². The van der Waals surface area contributed by atoms with Gasteiger partial charge >= 0.3 is 0 Å². The highest BCUT2D eigenvalue weighted by Gasteiger charge is 2.33. The quantitative estimate of drug-likeness (QED) is 0.749. The van der Waals surface area contributed by atoms with Gasteiger partial charge < -0.3 is 5.32 Å². The van der Waals surface area contributed by atoms with Crippen molar-refractivity contribution >= 4 is 0 Å². The summed E-state index contributed by atoms with van der Waals surface area (Å²) in [5, 5.41) is 3.41. The minimum atomic E-state index is 0.852. The average Bonchev–Trinajstić information content (AvgIpc) is 2.62. The normalized spacial score (nSPS) is 32.2. The molecular formula is C13H26N2. The average molecular weight is 210 g/mol. The Kier molecular flexibility index (Phi) is 4.04. The summed E-state index contributed by atoms with van der Waals surface area (Å²) in [6.45, 7) is 8.43. The monoisotopic (exact) mass is 210 g/mol. The molecule has 0 amide bonds. The van der Waals surface area contributed by atoms with Crippen molar-refractivity contribution in [3.05, 3.63) is 0 Å². The summed E-state index contributed by atoms with van der Waals surface area (Å²) >= 11 is 0. The Morgan fingerprint density at radius 2 is 1.93 bits per heavy atom. The molecule has 1 saturated heterocycles. The molecule has 1 saturated carbocycles. The first-order valence-electron chi connectivity index (χ1n) is 6.81. The third-order valence-electron chi connectivity index (χ3n) is 4.27. The smallest absolute Gasteiger partial charge is 0.0348 e. The lowest BCUT2D eigenvalue weighted by atomic mass is 10.0. The van der Waals surface area contributed by atoms with Crippen molar-refractivity contribution in [3.8, 4) is 0 Å². The first-order chi connectivity index (χ1) is 7.35. The topological polar surface area (TPSA) is 15.3 Å². The molecule has 0 aromatic rings. The van der Waals surface area contributed by atoms with Crippen LogP contribution in [0.2, 0.25) is 0 Å². The summed E-state index contributed by atoms with van der Waals surface area (Å²) in [6, 6.07) is 1.76. The summed E-state index contributed by atoms with van der Waals surface area (Å²) in [5.74, 6) is 1.02. The summed E-state index contributed by atoms with van der Waals surface area (Å²) < 4.78 is 0. The molecular weight excluding hydrogens is 184 g/mol. The molecule has 0 bridgehead atoms. The van der Waals surface area contributed by atoms with Gasteiger partial charge in [-0.3, -0.25) is 4.90 Å². The molecule has 1 N–H and O–H groups in total. The van der Waals surface area contributed by atoms with Crippen LogP contribution in [-0.2, 0) is 0 Å². The van der Waals surface area contributed by atoms with Crippen LogP contribution < -0.4 is 5.32 Å². The van der Waals surface area contributed by atoms with Gasteiger partial charge in [-0.25, -0.2) is 0 Å². The lowest BCUT2D eigenvalue weighted by Gasteiger charge is -2.42. The van der Waals surface area contributed by atoms with E-state index in [-0.39, 0.29) is 0 Å². The summed E-state index contributed by atoms with van der Waals surface area (Å²) in [6.07, 6.45) is 7.09. The van der Waals surface area contributed by atoms with Crippen LogP contribution in [0, 0.1) is 5.92 Å². The Balaban J connectivity index is 1.87. The van der Waals surface area contributed by atoms with Crippen molar-refractivity contribution in [2.45, 2.75) is 58.0 Å². The molecule has 1 aliphatic carbocycles. The fourth-order valence-corrected chi connectivity index (χ4v) is 3.15. The van der Waals surface area contributed by atoms with Gasteiger partial charge in [-0.15, -0.1) is 0 Å². The highest BCUT2D eigenvalue weighted by atomic mass is 15.3. The van der Waals surface area contributed by atoms with Gasteiger partial charge in [-0.05, 0) is 38.1 Å². The third kappa shape index (κ3) is 2.54. The van der Waals surface area contributed by atoms with Crippen molar-refractivity contribution in [2.24, 2.45) is 5.92 Å². The van der Waals surface area contributed by atoms with Crippen LogP contribution in [0.25, 0.3) is 0 Å². The lowest BCUT2D eigenvalue weighted by molar-refractivity contribution is 0.0947. The van der Waals surface area contributed by atoms with E-state index in [0.717, 1.165) is 18.0 Å². The second-order valence-corrected chi connectivity index (χ2v) is 5.29. The van der Waals surface area contributed by atoms with Gasteiger partial charge in [0.25, 0.3) is 0 Å². The number of rotatable bonds is 5. The van der Waals surface area contributed by atoms with E-state index in [0.29, 0.717) is 0 Å². The Hall–Kier alpha value is -0.0800. The minimum absolute atomic E-state index is 0.852. The van der Waals surface area contributed by atoms with Crippen molar-refractivity contribution in [1.82, 2.24) is 10.2 Å². The second kappa shape index (κ2) is 5.31. The van der Waals surface area contributed by atoms with Gasteiger partial charge in [0.1, 0.15) is 0 Å². The van der Waals surface area contributed by atoms with E-state index in [1.165, 1.54) is 51.7 Å². The molecule has 0 radical (unpaired) electrons. The molecule has 2 aliphatic rings. The maximum atomic E-state index is 3.41.